The molecule has 0 atom stereocenters. The number of rotatable bonds is 2. The van der Waals surface area contributed by atoms with Crippen LogP contribution in [0.1, 0.15) is 12.5 Å². The van der Waals surface area contributed by atoms with Gasteiger partial charge in [-0.3, -0.25) is 4.79 Å². The zero-order chi connectivity index (χ0) is 12.6. The summed E-state index contributed by atoms with van der Waals surface area (Å²) in [5.41, 5.74) is 5.94. The fourth-order valence-electron chi connectivity index (χ4n) is 0.787. The molecule has 16 heavy (non-hydrogen) atoms. The Kier molecular flexibility index (Phi) is 7.99. The largest absolute Gasteiger partial charge is 0.465 e. The molecule has 90 valence electrons. The molecule has 5 heteroatoms. The number of hydrogen-bond acceptors (Lipinski definition) is 3. The Morgan fingerprint density at radius 3 is 2.38 bits per heavy atom. The van der Waals surface area contributed by atoms with Gasteiger partial charge < -0.3 is 10.5 Å². The van der Waals surface area contributed by atoms with Gasteiger partial charge in [0.1, 0.15) is 0 Å². The fourth-order valence-corrected chi connectivity index (χ4v) is 1.20. The van der Waals surface area contributed by atoms with Crippen molar-refractivity contribution in [3.8, 4) is 0 Å². The van der Waals surface area contributed by atoms with Crippen LogP contribution in [0.2, 0.25) is 10.0 Å². The predicted molar refractivity (Wildman–Crippen MR) is 66.9 cm³/mol. The van der Waals surface area contributed by atoms with Gasteiger partial charge in [-0.1, -0.05) is 29.3 Å². The first-order valence-corrected chi connectivity index (χ1v) is 5.54. The third-order valence-electron chi connectivity index (χ3n) is 1.61. The van der Waals surface area contributed by atoms with Crippen LogP contribution in [0.5, 0.6) is 0 Å². The highest BCUT2D eigenvalue weighted by Gasteiger charge is 1.93. The number of halogens is 2. The van der Waals surface area contributed by atoms with Crippen molar-refractivity contribution in [2.75, 3.05) is 13.2 Å². The fraction of sp³-hybridized carbons (Fsp3) is 0.364. The molecule has 0 heterocycles. The van der Waals surface area contributed by atoms with E-state index >= 15 is 0 Å². The molecule has 1 aromatic rings. The molecule has 0 radical (unpaired) electrons. The standard InChI is InChI=1S/C7H6Cl2.C4H9NO2/c1-5-2-3-6(8)4-7(5)9;1-2-7-4(6)3-5/h2-4H,1H3;2-3,5H2,1H3. The van der Waals surface area contributed by atoms with E-state index in [0.29, 0.717) is 11.6 Å². The summed E-state index contributed by atoms with van der Waals surface area (Å²) in [6, 6.07) is 5.45. The minimum absolute atomic E-state index is 0.0200. The van der Waals surface area contributed by atoms with Gasteiger partial charge in [0.15, 0.2) is 0 Å². The highest BCUT2D eigenvalue weighted by atomic mass is 35.5. The number of aryl methyl sites for hydroxylation is 1. The summed E-state index contributed by atoms with van der Waals surface area (Å²) in [5, 5.41) is 1.41. The van der Waals surface area contributed by atoms with Crippen LogP contribution in [0.4, 0.5) is 0 Å². The summed E-state index contributed by atoms with van der Waals surface area (Å²) in [6.45, 7) is 4.08. The summed E-state index contributed by atoms with van der Waals surface area (Å²) < 4.78 is 4.43. The Labute approximate surface area is 105 Å². The monoisotopic (exact) mass is 263 g/mol. The molecule has 0 aromatic heterocycles. The van der Waals surface area contributed by atoms with Gasteiger partial charge in [-0.25, -0.2) is 0 Å². The van der Waals surface area contributed by atoms with Crippen LogP contribution in [0.25, 0.3) is 0 Å². The molecule has 0 aliphatic heterocycles. The zero-order valence-electron chi connectivity index (χ0n) is 9.30. The van der Waals surface area contributed by atoms with Crippen molar-refractivity contribution in [3.63, 3.8) is 0 Å². The molecule has 1 rings (SSSR count). The summed E-state index contributed by atoms with van der Waals surface area (Å²) in [6.07, 6.45) is 0. The molecule has 2 N–H and O–H groups in total. The van der Waals surface area contributed by atoms with E-state index in [4.69, 9.17) is 28.9 Å². The van der Waals surface area contributed by atoms with Gasteiger partial charge in [0.2, 0.25) is 0 Å². The predicted octanol–water partition coefficient (Wildman–Crippen LogP) is 2.81. The van der Waals surface area contributed by atoms with Crippen molar-refractivity contribution in [2.24, 2.45) is 5.73 Å². The Morgan fingerprint density at radius 2 is 2.06 bits per heavy atom. The lowest BCUT2D eigenvalue weighted by Gasteiger charge is -1.94. The van der Waals surface area contributed by atoms with Crippen LogP contribution < -0.4 is 5.73 Å². The van der Waals surface area contributed by atoms with Crippen LogP contribution >= 0.6 is 23.2 Å². The molecule has 0 unspecified atom stereocenters. The first-order valence-electron chi connectivity index (χ1n) is 4.78. The average Bonchev–Trinajstić information content (AvgIpc) is 2.25. The SMILES string of the molecule is CCOC(=O)CN.Cc1ccc(Cl)cc1Cl. The molecular weight excluding hydrogens is 249 g/mol. The molecular formula is C11H15Cl2NO2. The number of ether oxygens (including phenoxy) is 1. The van der Waals surface area contributed by atoms with Crippen molar-refractivity contribution >= 4 is 29.2 Å². The van der Waals surface area contributed by atoms with Gasteiger partial charge in [0.25, 0.3) is 0 Å². The van der Waals surface area contributed by atoms with E-state index in [2.05, 4.69) is 4.74 Å². The molecule has 0 bridgehead atoms. The Morgan fingerprint density at radius 1 is 1.44 bits per heavy atom. The Hall–Kier alpha value is -0.770. The van der Waals surface area contributed by atoms with Crippen LogP contribution in [0, 0.1) is 6.92 Å². The number of nitrogens with two attached hydrogens (primary N) is 1. The molecule has 3 nitrogen and oxygen atoms in total. The summed E-state index contributed by atoms with van der Waals surface area (Å²) in [4.78, 5) is 10.1. The normalized spacial score (nSPS) is 9.06. The van der Waals surface area contributed by atoms with Crippen LogP contribution in [0.15, 0.2) is 18.2 Å². The van der Waals surface area contributed by atoms with Gasteiger partial charge in [-0.2, -0.15) is 0 Å². The molecule has 0 saturated carbocycles. The number of hydrogen-bond donors (Lipinski definition) is 1. The van der Waals surface area contributed by atoms with E-state index in [1.54, 1.807) is 13.0 Å². The minimum Gasteiger partial charge on any atom is -0.465 e. The van der Waals surface area contributed by atoms with E-state index in [-0.39, 0.29) is 12.5 Å². The molecule has 0 amide bonds. The lowest BCUT2D eigenvalue weighted by molar-refractivity contribution is -0.141. The molecule has 0 aliphatic carbocycles. The second-order valence-electron chi connectivity index (χ2n) is 2.90. The average molecular weight is 264 g/mol. The molecule has 0 aliphatic rings. The Bertz CT molecular complexity index is 343. The molecule has 0 fully saturated rings. The quantitative estimate of drug-likeness (QED) is 0.835. The van der Waals surface area contributed by atoms with Crippen LogP contribution in [-0.4, -0.2) is 19.1 Å². The lowest BCUT2D eigenvalue weighted by atomic mass is 10.2. The lowest BCUT2D eigenvalue weighted by Crippen LogP contribution is -2.16. The van der Waals surface area contributed by atoms with E-state index in [0.717, 1.165) is 10.6 Å². The summed E-state index contributed by atoms with van der Waals surface area (Å²) in [7, 11) is 0. The van der Waals surface area contributed by atoms with E-state index in [9.17, 15) is 4.79 Å². The smallest absolute Gasteiger partial charge is 0.319 e. The highest BCUT2D eigenvalue weighted by Crippen LogP contribution is 2.19. The van der Waals surface area contributed by atoms with Gasteiger partial charge in [0.05, 0.1) is 13.2 Å². The van der Waals surface area contributed by atoms with Crippen molar-refractivity contribution < 1.29 is 9.53 Å². The van der Waals surface area contributed by atoms with Gasteiger partial charge in [0, 0.05) is 10.0 Å². The number of benzene rings is 1. The van der Waals surface area contributed by atoms with Crippen molar-refractivity contribution in [1.29, 1.82) is 0 Å². The third-order valence-corrected chi connectivity index (χ3v) is 2.25. The maximum absolute atomic E-state index is 10.1. The van der Waals surface area contributed by atoms with Crippen molar-refractivity contribution in [1.82, 2.24) is 0 Å². The second kappa shape index (κ2) is 8.39. The van der Waals surface area contributed by atoms with E-state index in [1.165, 1.54) is 0 Å². The van der Waals surface area contributed by atoms with E-state index < -0.39 is 0 Å². The van der Waals surface area contributed by atoms with Crippen LogP contribution in [0.3, 0.4) is 0 Å². The van der Waals surface area contributed by atoms with Crippen molar-refractivity contribution in [2.45, 2.75) is 13.8 Å². The van der Waals surface area contributed by atoms with Gasteiger partial charge >= 0.3 is 5.97 Å². The summed E-state index contributed by atoms with van der Waals surface area (Å²) >= 11 is 11.4. The van der Waals surface area contributed by atoms with Crippen molar-refractivity contribution in [3.05, 3.63) is 33.8 Å². The van der Waals surface area contributed by atoms with E-state index in [1.807, 2.05) is 19.1 Å². The molecule has 0 spiro atoms. The number of esters is 1. The zero-order valence-corrected chi connectivity index (χ0v) is 10.8. The maximum Gasteiger partial charge on any atom is 0.319 e. The topological polar surface area (TPSA) is 52.3 Å². The molecule has 1 aromatic carbocycles. The second-order valence-corrected chi connectivity index (χ2v) is 3.75. The van der Waals surface area contributed by atoms with Gasteiger partial charge in [-0.15, -0.1) is 0 Å². The first kappa shape index (κ1) is 15.2. The minimum atomic E-state index is -0.345. The first-order chi connectivity index (χ1) is 7.51. The maximum atomic E-state index is 10.1. The summed E-state index contributed by atoms with van der Waals surface area (Å²) in [5.74, 6) is -0.345. The van der Waals surface area contributed by atoms with Gasteiger partial charge in [-0.05, 0) is 31.5 Å². The number of carbonyl (C=O) groups is 1. The Balaban J connectivity index is 0.000000293. The molecule has 0 saturated heterocycles. The van der Waals surface area contributed by atoms with Crippen LogP contribution in [-0.2, 0) is 9.53 Å². The third kappa shape index (κ3) is 6.67. The number of carbonyl (C=O) groups excluding carboxylic acids is 1. The highest BCUT2D eigenvalue weighted by molar-refractivity contribution is 6.35.